The third-order valence-corrected chi connectivity index (χ3v) is 31.0. The summed E-state index contributed by atoms with van der Waals surface area (Å²) in [6.07, 6.45) is 10.4. The molecule has 9 atom stereocenters. The SMILES string of the molecule is CC1C(c2cn[nH]c2)NCCN1c1cc(-c2cnc3ccc(C(F)(F)F)nn23)ncn1.CC1CC(P(C)(C)=O)CN(c2cc(-c3cnc4ccc(C(F)(F)F)nn34)ncn2)C1.CC1CC(P(C)(C)=O)CN(c2cc(-c3cnc4ccc(C(F)F)nn34)ncn2)C1.CC1NCCN(c2cc(-c3cnc4ccc(C(F)(F)F)nn34)ncn2)C1c1cn[nH]c1.FC(F)c1ccc2ncc(-c3cc(N4CCCC(c5cnc[nH]5)C4)ncn3)n2n1. The highest BCUT2D eigenvalue weighted by Gasteiger charge is 2.41. The summed E-state index contributed by atoms with van der Waals surface area (Å²) in [5.74, 6) is 4.59. The summed E-state index contributed by atoms with van der Waals surface area (Å²) >= 11 is 0. The zero-order valence-corrected chi connectivity index (χ0v) is 83.3. The Hall–Kier alpha value is -15.4. The van der Waals surface area contributed by atoms with Crippen LogP contribution in [0.1, 0.15) is 130 Å². The van der Waals surface area contributed by atoms with Crippen LogP contribution in [0.4, 0.5) is 86.2 Å². The first-order valence-corrected chi connectivity index (χ1v) is 53.0. The number of anilines is 5. The summed E-state index contributed by atoms with van der Waals surface area (Å²) in [5.41, 5.74) is 6.16. The first-order chi connectivity index (χ1) is 71.8. The van der Waals surface area contributed by atoms with Gasteiger partial charge >= 0.3 is 18.5 Å². The zero-order chi connectivity index (χ0) is 105. The molecule has 5 N–H and O–H groups in total. The van der Waals surface area contributed by atoms with Gasteiger partial charge < -0.3 is 49.2 Å². The number of rotatable bonds is 17. The number of fused-ring (bicyclic) bond motifs is 5. The molecule has 9 unspecified atom stereocenters. The van der Waals surface area contributed by atoms with Crippen LogP contribution in [-0.2, 0) is 27.7 Å². The Morgan fingerprint density at radius 3 is 1.13 bits per heavy atom. The van der Waals surface area contributed by atoms with E-state index in [0.717, 1.165) is 132 Å². The molecule has 0 bridgehead atoms. The molecule has 23 rings (SSSR count). The quantitative estimate of drug-likeness (QED) is 0.0417. The zero-order valence-electron chi connectivity index (χ0n) is 81.5. The predicted molar refractivity (Wildman–Crippen MR) is 529 cm³/mol. The number of nitrogens with one attached hydrogen (secondary N) is 5. The number of nitrogens with zero attached hydrogens (tertiary/aromatic N) is 33. The predicted octanol–water partition coefficient (Wildman–Crippen LogP) is 16.2. The lowest BCUT2D eigenvalue weighted by Gasteiger charge is -2.41. The van der Waals surface area contributed by atoms with E-state index in [0.29, 0.717) is 140 Å². The number of halogens is 13. The fourth-order valence-electron chi connectivity index (χ4n) is 19.2. The number of imidazole rings is 6. The first kappa shape index (κ1) is 103. The molecule has 40 nitrogen and oxygen atoms in total. The minimum absolute atomic E-state index is 0.0209. The molecule has 5 aliphatic rings. The van der Waals surface area contributed by atoms with Gasteiger partial charge in [-0.2, -0.15) is 75.2 Å². The maximum atomic E-state index is 13.1. The Morgan fingerprint density at radius 1 is 0.387 bits per heavy atom. The lowest BCUT2D eigenvalue weighted by molar-refractivity contribution is -0.142. The standard InChI is InChI=1S/2C19H18F3N9.C19H22F3N6OP.C19H18F2N8.C19H23F2N6OP/c1-11-18(12-7-27-28-8-12)23-4-5-30(11)17-6-13(25-10-26-17)14-9-24-16-3-2-15(19(20,21)22)29-31(14)16;1-11-18(12-7-27-28-8-12)30(5-4-23-11)17-6-13(25-10-26-17)14-9-24-16-3-2-15(19(20,21)22)29-31(14)16;1-12-6-13(30(2,3)29)10-27(9-12)18-7-14(24-11-25-18)15-8-23-17-5-4-16(19(20,21)22)26-28(15)17;20-19(21)13-3-4-17-23-8-16(29(17)27-13)14-6-18(26-11-25-14)28-5-1-2-12(9-28)15-7-22-10-24-15;1-12-6-13(29(2,3)28)10-26(9-12)18-7-15(23-11-24-18)16-8-22-17-5-4-14(19(20)21)25-27(16)17/h2*2-3,6-11,18,23H,4-5H2,1H3,(H,27,28);4-5,7-8,11-13H,6,9-10H2,1-3H3;3-4,6-8,10-12,19H,1-2,5,9H2,(H,22,24);4-5,7-8,11-13,19H,6,9-10H2,1-3H3. The largest absolute Gasteiger partial charge is 0.435 e. The molecule has 5 fully saturated rings. The van der Waals surface area contributed by atoms with Crippen molar-refractivity contribution in [2.75, 3.05) is 117 Å². The number of hydrogen-bond acceptors (Lipinski definition) is 32. The summed E-state index contributed by atoms with van der Waals surface area (Å²) in [6.45, 7) is 23.2. The molecule has 150 heavy (non-hydrogen) atoms. The van der Waals surface area contributed by atoms with Gasteiger partial charge in [-0.15, -0.1) is 0 Å². The highest BCUT2D eigenvalue weighted by atomic mass is 31.2. The van der Waals surface area contributed by atoms with Gasteiger partial charge in [0.05, 0.1) is 105 Å². The molecule has 23 heterocycles. The third kappa shape index (κ3) is 22.8. The Labute approximate surface area is 845 Å². The van der Waals surface area contributed by atoms with E-state index in [9.17, 15) is 66.2 Å². The summed E-state index contributed by atoms with van der Waals surface area (Å²) in [6, 6.07) is 21.3. The number of alkyl halides is 13. The molecule has 5 saturated heterocycles. The van der Waals surface area contributed by atoms with E-state index in [1.165, 1.54) is 102 Å². The molecule has 18 aromatic heterocycles. The Balaban J connectivity index is 0.000000118. The molecule has 0 aliphatic carbocycles. The van der Waals surface area contributed by atoms with Crippen molar-refractivity contribution in [1.29, 1.82) is 0 Å². The van der Waals surface area contributed by atoms with Crippen LogP contribution in [0.3, 0.4) is 0 Å². The number of piperidine rings is 3. The van der Waals surface area contributed by atoms with Crippen LogP contribution in [0.5, 0.6) is 0 Å². The van der Waals surface area contributed by atoms with Crippen LogP contribution in [0.25, 0.3) is 85.2 Å². The average Bonchev–Trinajstić information content (AvgIpc) is 1.71. The number of hydrogen-bond donors (Lipinski definition) is 5. The van der Waals surface area contributed by atoms with Crippen molar-refractivity contribution in [3.05, 3.63) is 236 Å². The van der Waals surface area contributed by atoms with Gasteiger partial charge in [-0.25, -0.2) is 120 Å². The molecular weight excluding hydrogens is 2010 g/mol. The summed E-state index contributed by atoms with van der Waals surface area (Å²) in [7, 11) is -4.49. The Morgan fingerprint density at radius 2 is 0.753 bits per heavy atom. The molecule has 0 radical (unpaired) electrons. The second kappa shape index (κ2) is 42.7. The lowest BCUT2D eigenvalue weighted by atomic mass is 9.95. The van der Waals surface area contributed by atoms with E-state index >= 15 is 0 Å². The maximum absolute atomic E-state index is 13.1. The van der Waals surface area contributed by atoms with E-state index in [4.69, 9.17) is 0 Å². The highest BCUT2D eigenvalue weighted by Crippen LogP contribution is 2.50. The number of aromatic amines is 3. The van der Waals surface area contributed by atoms with Crippen molar-refractivity contribution in [2.24, 2.45) is 11.8 Å². The molecule has 18 aromatic rings. The second-order valence-corrected chi connectivity index (χ2v) is 45.1. The fraction of sp³-hybridized carbons (Fsp3) is 0.379. The van der Waals surface area contributed by atoms with Gasteiger partial charge in [0, 0.05) is 161 Å². The monoisotopic (exact) mass is 2110 g/mol. The van der Waals surface area contributed by atoms with E-state index in [-0.39, 0.29) is 46.9 Å². The lowest BCUT2D eigenvalue weighted by Crippen LogP contribution is -2.52. The van der Waals surface area contributed by atoms with Crippen molar-refractivity contribution in [3.8, 4) is 56.9 Å². The molecule has 0 aromatic carbocycles. The normalized spacial score (nSPS) is 19.6. The minimum atomic E-state index is -4.56. The fourth-order valence-corrected chi connectivity index (χ4v) is 22.1. The van der Waals surface area contributed by atoms with Gasteiger partial charge in [0.2, 0.25) is 0 Å². The van der Waals surface area contributed by atoms with Crippen LogP contribution in [0.15, 0.2) is 191 Å². The average molecular weight is 2110 g/mol. The van der Waals surface area contributed by atoms with Crippen molar-refractivity contribution in [1.82, 2.24) is 164 Å². The smallest absolute Gasteiger partial charge is 0.356 e. The molecule has 782 valence electrons. The summed E-state index contributed by atoms with van der Waals surface area (Å²) in [4.78, 5) is 82.4. The Bertz CT molecular complexity index is 7850. The molecule has 0 amide bonds. The van der Waals surface area contributed by atoms with Crippen molar-refractivity contribution < 1.29 is 66.2 Å². The summed E-state index contributed by atoms with van der Waals surface area (Å²) in [5, 5.41) is 39.9. The topological polar surface area (TPSA) is 440 Å². The van der Waals surface area contributed by atoms with Crippen molar-refractivity contribution in [2.45, 2.75) is 126 Å². The van der Waals surface area contributed by atoms with Gasteiger partial charge in [-0.1, -0.05) is 13.8 Å². The van der Waals surface area contributed by atoms with Crippen LogP contribution in [0.2, 0.25) is 0 Å². The number of aromatic nitrogens is 31. The van der Waals surface area contributed by atoms with Gasteiger partial charge in [-0.3, -0.25) is 10.2 Å². The van der Waals surface area contributed by atoms with E-state index < -0.39 is 62.7 Å². The van der Waals surface area contributed by atoms with E-state index in [2.05, 4.69) is 193 Å². The second-order valence-electron chi connectivity index (χ2n) is 37.9. The first-order valence-electron chi connectivity index (χ1n) is 47.7. The van der Waals surface area contributed by atoms with Gasteiger partial charge in [0.15, 0.2) is 45.3 Å². The number of piperazine rings is 2. The number of H-pyrrole nitrogens is 3. The Kier molecular flexibility index (Phi) is 29.4. The van der Waals surface area contributed by atoms with Gasteiger partial charge in [0.25, 0.3) is 12.9 Å². The van der Waals surface area contributed by atoms with Crippen LogP contribution >= 0.6 is 14.3 Å². The minimum Gasteiger partial charge on any atom is -0.356 e. The van der Waals surface area contributed by atoms with E-state index in [1.54, 1.807) is 49.3 Å². The highest BCUT2D eigenvalue weighted by molar-refractivity contribution is 7.63. The molecule has 0 saturated carbocycles. The van der Waals surface area contributed by atoms with Crippen molar-refractivity contribution >= 4 is 71.6 Å². The molecule has 5 aliphatic heterocycles. The maximum Gasteiger partial charge on any atom is 0.435 e. The van der Waals surface area contributed by atoms with Crippen LogP contribution in [0, 0.1) is 11.8 Å². The van der Waals surface area contributed by atoms with E-state index in [1.807, 2.05) is 57.4 Å². The third-order valence-electron chi connectivity index (χ3n) is 26.8. The summed E-state index contributed by atoms with van der Waals surface area (Å²) < 4.78 is 202. The van der Waals surface area contributed by atoms with Crippen LogP contribution < -0.4 is 35.1 Å². The van der Waals surface area contributed by atoms with Crippen molar-refractivity contribution in [3.63, 3.8) is 0 Å². The van der Waals surface area contributed by atoms with Gasteiger partial charge in [0.1, 0.15) is 101 Å². The van der Waals surface area contributed by atoms with Gasteiger partial charge in [-0.05, 0) is 139 Å². The molecular formula is C95H99F13N38O2P2. The molecule has 0 spiro atoms. The molecule has 55 heteroatoms. The van der Waals surface area contributed by atoms with Crippen LogP contribution in [-0.4, -0.2) is 269 Å².